The van der Waals surface area contributed by atoms with Crippen molar-refractivity contribution in [2.75, 3.05) is 23.9 Å². The third-order valence-electron chi connectivity index (χ3n) is 3.27. The van der Waals surface area contributed by atoms with Gasteiger partial charge < -0.3 is 15.1 Å². The number of hydrogen-bond donors (Lipinski definition) is 2. The summed E-state index contributed by atoms with van der Waals surface area (Å²) in [7, 11) is -3.12. The molecule has 0 aliphatic carbocycles. The number of rotatable bonds is 6. The highest BCUT2D eigenvalue weighted by atomic mass is 32.2. The molecule has 0 aliphatic rings. The summed E-state index contributed by atoms with van der Waals surface area (Å²) in [4.78, 5) is 23.9. The Hall–Kier alpha value is -2.61. The Balaban J connectivity index is 1.94. The summed E-state index contributed by atoms with van der Waals surface area (Å²) in [5, 5.41) is 5.23. The van der Waals surface area contributed by atoms with E-state index >= 15 is 0 Å². The number of anilines is 1. The average molecular weight is 350 g/mol. The van der Waals surface area contributed by atoms with Crippen LogP contribution in [0, 0.1) is 6.92 Å². The molecule has 1 aromatic carbocycles. The Bertz CT molecular complexity index is 838. The number of furan rings is 1. The van der Waals surface area contributed by atoms with E-state index in [4.69, 9.17) is 4.42 Å². The van der Waals surface area contributed by atoms with Crippen LogP contribution >= 0.6 is 0 Å². The van der Waals surface area contributed by atoms with Gasteiger partial charge in [0.25, 0.3) is 11.8 Å². The number of carbonyl (C=O) groups excluding carboxylic acids is 2. The summed E-state index contributed by atoms with van der Waals surface area (Å²) >= 11 is 0. The topological polar surface area (TPSA) is 105 Å². The average Bonchev–Trinajstić information content (AvgIpc) is 2.93. The van der Waals surface area contributed by atoms with Crippen LogP contribution in [0.15, 0.2) is 41.0 Å². The van der Waals surface area contributed by atoms with Crippen molar-refractivity contribution < 1.29 is 22.4 Å². The van der Waals surface area contributed by atoms with Crippen molar-refractivity contribution in [1.29, 1.82) is 0 Å². The second-order valence-corrected chi connectivity index (χ2v) is 7.57. The molecule has 0 radical (unpaired) electrons. The van der Waals surface area contributed by atoms with Gasteiger partial charge in [-0.25, -0.2) is 8.42 Å². The zero-order chi connectivity index (χ0) is 17.7. The minimum absolute atomic E-state index is 0.0515. The maximum Gasteiger partial charge on any atom is 0.259 e. The smallest absolute Gasteiger partial charge is 0.259 e. The van der Waals surface area contributed by atoms with Crippen LogP contribution < -0.4 is 10.6 Å². The van der Waals surface area contributed by atoms with Crippen molar-refractivity contribution in [2.24, 2.45) is 0 Å². The highest BCUT2D eigenvalue weighted by Gasteiger charge is 2.12. The summed E-state index contributed by atoms with van der Waals surface area (Å²) < 4.78 is 27.1. The number of hydrogen-bond acceptors (Lipinski definition) is 5. The van der Waals surface area contributed by atoms with Gasteiger partial charge in [-0.1, -0.05) is 0 Å². The van der Waals surface area contributed by atoms with Crippen molar-refractivity contribution in [3.63, 3.8) is 0 Å². The Morgan fingerprint density at radius 1 is 1.08 bits per heavy atom. The lowest BCUT2D eigenvalue weighted by atomic mass is 10.2. The van der Waals surface area contributed by atoms with E-state index in [2.05, 4.69) is 10.6 Å². The number of carbonyl (C=O) groups is 2. The monoisotopic (exact) mass is 350 g/mol. The SMILES string of the molecule is Cc1occc1C(=O)Nc1ccc(C(=O)NCCS(C)(=O)=O)cc1. The molecule has 128 valence electrons. The van der Waals surface area contributed by atoms with Crippen LogP contribution in [-0.2, 0) is 9.84 Å². The molecule has 7 nitrogen and oxygen atoms in total. The van der Waals surface area contributed by atoms with E-state index in [9.17, 15) is 18.0 Å². The van der Waals surface area contributed by atoms with E-state index in [1.54, 1.807) is 37.3 Å². The summed E-state index contributed by atoms with van der Waals surface area (Å²) in [5.74, 6) is -0.264. The Labute approximate surface area is 140 Å². The van der Waals surface area contributed by atoms with Gasteiger partial charge in [0.1, 0.15) is 15.6 Å². The Kier molecular flexibility index (Phi) is 5.40. The third-order valence-corrected chi connectivity index (χ3v) is 4.21. The summed E-state index contributed by atoms with van der Waals surface area (Å²) in [6, 6.07) is 7.87. The lowest BCUT2D eigenvalue weighted by Gasteiger charge is -2.07. The first-order chi connectivity index (χ1) is 11.3. The first-order valence-electron chi connectivity index (χ1n) is 7.18. The molecule has 1 heterocycles. The molecule has 2 N–H and O–H groups in total. The Morgan fingerprint density at radius 3 is 2.29 bits per heavy atom. The second-order valence-electron chi connectivity index (χ2n) is 5.31. The van der Waals surface area contributed by atoms with Gasteiger partial charge in [0.2, 0.25) is 0 Å². The fraction of sp³-hybridized carbons (Fsp3) is 0.250. The van der Waals surface area contributed by atoms with Gasteiger partial charge in [0, 0.05) is 24.1 Å². The summed E-state index contributed by atoms with van der Waals surface area (Å²) in [6.45, 7) is 1.74. The number of benzene rings is 1. The predicted molar refractivity (Wildman–Crippen MR) is 89.9 cm³/mol. The third kappa shape index (κ3) is 4.95. The molecule has 2 aromatic rings. The zero-order valence-corrected chi connectivity index (χ0v) is 14.1. The highest BCUT2D eigenvalue weighted by molar-refractivity contribution is 7.90. The first kappa shape index (κ1) is 17.7. The van der Waals surface area contributed by atoms with Crippen molar-refractivity contribution in [3.8, 4) is 0 Å². The molecule has 2 rings (SSSR count). The van der Waals surface area contributed by atoms with Crippen molar-refractivity contribution in [2.45, 2.75) is 6.92 Å². The lowest BCUT2D eigenvalue weighted by molar-refractivity contribution is 0.0955. The summed E-state index contributed by atoms with van der Waals surface area (Å²) in [5.41, 5.74) is 1.35. The van der Waals surface area contributed by atoms with E-state index in [0.717, 1.165) is 6.26 Å². The molecule has 0 saturated heterocycles. The van der Waals surface area contributed by atoms with E-state index in [0.29, 0.717) is 22.6 Å². The maximum atomic E-state index is 12.0. The fourth-order valence-electron chi connectivity index (χ4n) is 1.98. The molecule has 0 unspecified atom stereocenters. The normalized spacial score (nSPS) is 11.1. The Morgan fingerprint density at radius 2 is 1.75 bits per heavy atom. The van der Waals surface area contributed by atoms with Crippen LogP contribution in [-0.4, -0.2) is 38.8 Å². The molecule has 0 fully saturated rings. The minimum Gasteiger partial charge on any atom is -0.469 e. The van der Waals surface area contributed by atoms with E-state index < -0.39 is 9.84 Å². The maximum absolute atomic E-state index is 12.0. The van der Waals surface area contributed by atoms with Crippen LogP contribution in [0.3, 0.4) is 0 Å². The number of aryl methyl sites for hydroxylation is 1. The van der Waals surface area contributed by atoms with Crippen LogP contribution in [0.2, 0.25) is 0 Å². The van der Waals surface area contributed by atoms with E-state index in [-0.39, 0.29) is 24.1 Å². The van der Waals surface area contributed by atoms with Crippen LogP contribution in [0.4, 0.5) is 5.69 Å². The largest absolute Gasteiger partial charge is 0.469 e. The molecule has 8 heteroatoms. The van der Waals surface area contributed by atoms with Gasteiger partial charge in [-0.05, 0) is 37.3 Å². The fourth-order valence-corrected chi connectivity index (χ4v) is 2.45. The minimum atomic E-state index is -3.12. The van der Waals surface area contributed by atoms with Gasteiger partial charge >= 0.3 is 0 Å². The highest BCUT2D eigenvalue weighted by Crippen LogP contribution is 2.14. The molecule has 0 atom stereocenters. The second kappa shape index (κ2) is 7.31. The van der Waals surface area contributed by atoms with Crippen molar-refractivity contribution >= 4 is 27.3 Å². The van der Waals surface area contributed by atoms with Gasteiger partial charge in [0.05, 0.1) is 17.6 Å². The van der Waals surface area contributed by atoms with E-state index in [1.165, 1.54) is 6.26 Å². The van der Waals surface area contributed by atoms with Gasteiger partial charge in [-0.3, -0.25) is 9.59 Å². The molecular formula is C16H18N2O5S. The molecule has 0 saturated carbocycles. The predicted octanol–water partition coefficient (Wildman–Crippen LogP) is 1.61. The van der Waals surface area contributed by atoms with Gasteiger partial charge in [0.15, 0.2) is 0 Å². The van der Waals surface area contributed by atoms with Crippen molar-refractivity contribution in [3.05, 3.63) is 53.5 Å². The number of sulfone groups is 1. The number of amides is 2. The quantitative estimate of drug-likeness (QED) is 0.823. The standard InChI is InChI=1S/C16H18N2O5S/c1-11-14(7-9-23-11)16(20)18-13-5-3-12(4-6-13)15(19)17-8-10-24(2,21)22/h3-7,9H,8,10H2,1-2H3,(H,17,19)(H,18,20). The zero-order valence-electron chi connectivity index (χ0n) is 13.3. The molecule has 2 amide bonds. The lowest BCUT2D eigenvalue weighted by Crippen LogP contribution is -2.28. The molecule has 1 aromatic heterocycles. The van der Waals surface area contributed by atoms with Gasteiger partial charge in [-0.2, -0.15) is 0 Å². The van der Waals surface area contributed by atoms with Crippen LogP contribution in [0.5, 0.6) is 0 Å². The number of nitrogens with one attached hydrogen (secondary N) is 2. The molecular weight excluding hydrogens is 332 g/mol. The first-order valence-corrected chi connectivity index (χ1v) is 9.24. The van der Waals surface area contributed by atoms with Crippen molar-refractivity contribution in [1.82, 2.24) is 5.32 Å². The van der Waals surface area contributed by atoms with Crippen LogP contribution in [0.25, 0.3) is 0 Å². The molecule has 0 spiro atoms. The van der Waals surface area contributed by atoms with Crippen LogP contribution in [0.1, 0.15) is 26.5 Å². The molecule has 0 aliphatic heterocycles. The molecule has 24 heavy (non-hydrogen) atoms. The van der Waals surface area contributed by atoms with Gasteiger partial charge in [-0.15, -0.1) is 0 Å². The van der Waals surface area contributed by atoms with E-state index in [1.807, 2.05) is 0 Å². The molecule has 0 bridgehead atoms. The summed E-state index contributed by atoms with van der Waals surface area (Å²) in [6.07, 6.45) is 2.55.